The predicted octanol–water partition coefficient (Wildman–Crippen LogP) is 5.54. The van der Waals surface area contributed by atoms with Crippen LogP contribution in [0.1, 0.15) is 45.6 Å². The van der Waals surface area contributed by atoms with E-state index in [4.69, 9.17) is 4.98 Å². The fourth-order valence-electron chi connectivity index (χ4n) is 4.71. The molecule has 5 rings (SSSR count). The fourth-order valence-corrected chi connectivity index (χ4v) is 4.71. The summed E-state index contributed by atoms with van der Waals surface area (Å²) in [6, 6.07) is 14.7. The number of hydrogen-bond acceptors (Lipinski definition) is 2. The summed E-state index contributed by atoms with van der Waals surface area (Å²) in [5.74, 6) is 1.05. The van der Waals surface area contributed by atoms with Crippen molar-refractivity contribution in [1.82, 2.24) is 14.5 Å². The van der Waals surface area contributed by atoms with Crippen molar-refractivity contribution in [3.8, 4) is 11.5 Å². The lowest BCUT2D eigenvalue weighted by molar-refractivity contribution is -0.122. The Labute approximate surface area is 176 Å². The minimum absolute atomic E-state index is 0.190. The molecular weight excluding hydrogens is 372 g/mol. The van der Waals surface area contributed by atoms with Crippen molar-refractivity contribution in [3.05, 3.63) is 48.0 Å². The molecule has 4 aromatic rings. The van der Waals surface area contributed by atoms with Gasteiger partial charge in [-0.15, -0.1) is 0 Å². The average Bonchev–Trinajstić information content (AvgIpc) is 3.35. The summed E-state index contributed by atoms with van der Waals surface area (Å²) in [4.78, 5) is 23.5. The van der Waals surface area contributed by atoms with Crippen LogP contribution in [0.4, 0.5) is 5.69 Å². The van der Waals surface area contributed by atoms with E-state index in [0.717, 1.165) is 59.6 Å². The molecule has 5 nitrogen and oxygen atoms in total. The van der Waals surface area contributed by atoms with E-state index in [9.17, 15) is 4.79 Å². The van der Waals surface area contributed by atoms with Gasteiger partial charge in [-0.1, -0.05) is 38.0 Å². The summed E-state index contributed by atoms with van der Waals surface area (Å²) in [5, 5.41) is 1.20. The normalized spacial score (nSPS) is 15.5. The highest BCUT2D eigenvalue weighted by molar-refractivity contribution is 6.09. The standard InChI is InChI=1S/C25H28N4O/c1-5-6-9-12-29-21-15-19-18(14-17(21)25(2,3)24(29)30)26-23(27-19)22-13-16-10-7-8-11-20(16)28(22)4/h7-8,10-11,13-15H,5-6,9,12H2,1-4H3,(H,26,27). The second kappa shape index (κ2) is 6.73. The minimum Gasteiger partial charge on any atom is -0.341 e. The van der Waals surface area contributed by atoms with Gasteiger partial charge in [-0.05, 0) is 50.1 Å². The minimum atomic E-state index is -0.513. The van der Waals surface area contributed by atoms with Gasteiger partial charge in [0.1, 0.15) is 0 Å². The number of carbonyl (C=O) groups is 1. The van der Waals surface area contributed by atoms with Crippen LogP contribution >= 0.6 is 0 Å². The Balaban J connectivity index is 1.61. The highest BCUT2D eigenvalue weighted by atomic mass is 16.2. The number of amides is 1. The van der Waals surface area contributed by atoms with Crippen molar-refractivity contribution in [3.63, 3.8) is 0 Å². The predicted molar refractivity (Wildman–Crippen MR) is 123 cm³/mol. The van der Waals surface area contributed by atoms with Gasteiger partial charge in [-0.3, -0.25) is 4.79 Å². The fraction of sp³-hybridized carbons (Fsp3) is 0.360. The summed E-state index contributed by atoms with van der Waals surface area (Å²) in [6.07, 6.45) is 3.30. The monoisotopic (exact) mass is 400 g/mol. The molecule has 0 atom stereocenters. The number of nitrogens with one attached hydrogen (secondary N) is 1. The number of aromatic nitrogens is 3. The van der Waals surface area contributed by atoms with Crippen molar-refractivity contribution in [2.24, 2.45) is 7.05 Å². The molecule has 1 amide bonds. The maximum absolute atomic E-state index is 13.1. The molecule has 0 saturated carbocycles. The molecule has 0 aliphatic carbocycles. The Kier molecular flexibility index (Phi) is 4.24. The summed E-state index contributed by atoms with van der Waals surface area (Å²) in [5.41, 5.74) is 5.71. The molecule has 1 N–H and O–H groups in total. The lowest BCUT2D eigenvalue weighted by atomic mass is 9.86. The number of aryl methyl sites for hydroxylation is 1. The molecule has 2 aromatic carbocycles. The molecular formula is C25H28N4O. The van der Waals surface area contributed by atoms with Crippen molar-refractivity contribution < 1.29 is 4.79 Å². The Morgan fingerprint density at radius 3 is 2.67 bits per heavy atom. The second-order valence-corrected chi connectivity index (χ2v) is 8.91. The van der Waals surface area contributed by atoms with Crippen molar-refractivity contribution in [2.75, 3.05) is 11.4 Å². The number of rotatable bonds is 5. The van der Waals surface area contributed by atoms with Gasteiger partial charge in [0.25, 0.3) is 0 Å². The zero-order valence-electron chi connectivity index (χ0n) is 18.1. The third kappa shape index (κ3) is 2.68. The number of anilines is 1. The first-order valence-electron chi connectivity index (χ1n) is 10.8. The highest BCUT2D eigenvalue weighted by Gasteiger charge is 2.44. The van der Waals surface area contributed by atoms with Crippen LogP contribution in [0.3, 0.4) is 0 Å². The Morgan fingerprint density at radius 1 is 1.10 bits per heavy atom. The van der Waals surface area contributed by atoms with Crippen LogP contribution in [0.25, 0.3) is 33.5 Å². The number of para-hydroxylation sites is 1. The molecule has 1 aliphatic heterocycles. The lowest BCUT2D eigenvalue weighted by Crippen LogP contribution is -2.36. The van der Waals surface area contributed by atoms with Gasteiger partial charge in [0.05, 0.1) is 27.8 Å². The van der Waals surface area contributed by atoms with Gasteiger partial charge in [-0.25, -0.2) is 4.98 Å². The molecule has 1 aliphatic rings. The van der Waals surface area contributed by atoms with E-state index < -0.39 is 5.41 Å². The second-order valence-electron chi connectivity index (χ2n) is 8.91. The molecule has 0 fully saturated rings. The van der Waals surface area contributed by atoms with Gasteiger partial charge in [-0.2, -0.15) is 0 Å². The van der Waals surface area contributed by atoms with Gasteiger partial charge >= 0.3 is 0 Å². The van der Waals surface area contributed by atoms with Crippen LogP contribution < -0.4 is 4.90 Å². The zero-order chi connectivity index (χ0) is 21.0. The number of imidazole rings is 1. The molecule has 154 valence electrons. The maximum atomic E-state index is 13.1. The van der Waals surface area contributed by atoms with E-state index >= 15 is 0 Å². The molecule has 0 unspecified atom stereocenters. The topological polar surface area (TPSA) is 53.9 Å². The van der Waals surface area contributed by atoms with Crippen LogP contribution in [0, 0.1) is 0 Å². The summed E-state index contributed by atoms with van der Waals surface area (Å²) in [7, 11) is 2.07. The quantitative estimate of drug-likeness (QED) is 0.448. The Bertz CT molecular complexity index is 1280. The first-order valence-corrected chi connectivity index (χ1v) is 10.8. The number of benzene rings is 2. The van der Waals surface area contributed by atoms with Crippen LogP contribution in [0.15, 0.2) is 42.5 Å². The van der Waals surface area contributed by atoms with Gasteiger partial charge in [0, 0.05) is 24.5 Å². The van der Waals surface area contributed by atoms with Crippen LogP contribution in [-0.2, 0) is 17.3 Å². The summed E-state index contributed by atoms with van der Waals surface area (Å²) in [6.45, 7) is 7.02. The molecule has 5 heteroatoms. The van der Waals surface area contributed by atoms with Crippen molar-refractivity contribution in [1.29, 1.82) is 0 Å². The molecule has 0 spiro atoms. The summed E-state index contributed by atoms with van der Waals surface area (Å²) < 4.78 is 2.17. The van der Waals surface area contributed by atoms with Crippen LogP contribution in [0.5, 0.6) is 0 Å². The summed E-state index contributed by atoms with van der Waals surface area (Å²) >= 11 is 0. The molecule has 0 saturated heterocycles. The van der Waals surface area contributed by atoms with Gasteiger partial charge in [0.15, 0.2) is 5.82 Å². The number of H-pyrrole nitrogens is 1. The average molecular weight is 401 g/mol. The molecule has 0 radical (unpaired) electrons. The largest absolute Gasteiger partial charge is 0.341 e. The Hall–Kier alpha value is -3.08. The number of unbranched alkanes of at least 4 members (excludes halogenated alkanes) is 2. The first-order chi connectivity index (χ1) is 14.4. The molecule has 2 aromatic heterocycles. The van der Waals surface area contributed by atoms with Crippen LogP contribution in [-0.4, -0.2) is 27.0 Å². The number of nitrogens with zero attached hydrogens (tertiary/aromatic N) is 3. The third-order valence-corrected chi connectivity index (χ3v) is 6.52. The Morgan fingerprint density at radius 2 is 1.90 bits per heavy atom. The van der Waals surface area contributed by atoms with Gasteiger partial charge in [0.2, 0.25) is 5.91 Å². The van der Waals surface area contributed by atoms with E-state index in [1.807, 2.05) is 18.7 Å². The number of aromatic amines is 1. The highest BCUT2D eigenvalue weighted by Crippen LogP contribution is 2.43. The van der Waals surface area contributed by atoms with E-state index in [-0.39, 0.29) is 5.91 Å². The number of carbonyl (C=O) groups excluding carboxylic acids is 1. The lowest BCUT2D eigenvalue weighted by Gasteiger charge is -2.20. The maximum Gasteiger partial charge on any atom is 0.237 e. The van der Waals surface area contributed by atoms with Gasteiger partial charge < -0.3 is 14.5 Å². The van der Waals surface area contributed by atoms with E-state index in [1.165, 1.54) is 10.9 Å². The van der Waals surface area contributed by atoms with Crippen LogP contribution in [0.2, 0.25) is 0 Å². The molecule has 0 bridgehead atoms. The molecule has 3 heterocycles. The number of fused-ring (bicyclic) bond motifs is 3. The third-order valence-electron chi connectivity index (χ3n) is 6.52. The van der Waals surface area contributed by atoms with Crippen molar-refractivity contribution >= 4 is 33.5 Å². The smallest absolute Gasteiger partial charge is 0.237 e. The van der Waals surface area contributed by atoms with E-state index in [1.54, 1.807) is 0 Å². The van der Waals surface area contributed by atoms with E-state index in [2.05, 4.69) is 66.0 Å². The molecule has 30 heavy (non-hydrogen) atoms. The number of hydrogen-bond donors (Lipinski definition) is 1. The first kappa shape index (κ1) is 18.9. The SMILES string of the molecule is CCCCCN1C(=O)C(C)(C)c2cc3[nH]c(-c4cc5ccccc5n4C)nc3cc21. The van der Waals surface area contributed by atoms with E-state index in [0.29, 0.717) is 0 Å². The van der Waals surface area contributed by atoms with Crippen molar-refractivity contribution in [2.45, 2.75) is 45.4 Å². The zero-order valence-corrected chi connectivity index (χ0v) is 18.1.